The maximum absolute atomic E-state index is 13.3. The summed E-state index contributed by atoms with van der Waals surface area (Å²) < 4.78 is 5.26. The average Bonchev–Trinajstić information content (AvgIpc) is 3.38. The number of aliphatic hydroxyl groups excluding tert-OH is 1. The quantitative estimate of drug-likeness (QED) is 0.242. The number of fused-ring (bicyclic) bond motifs is 1. The van der Waals surface area contributed by atoms with Crippen molar-refractivity contribution in [3.8, 4) is 5.75 Å². The number of Topliss-reactive ketones (excluding diaryl/α,β-unsaturated/α-hetero) is 1. The molecule has 2 N–H and O–H groups in total. The van der Waals surface area contributed by atoms with Gasteiger partial charge >= 0.3 is 0 Å². The highest BCUT2D eigenvalue weighted by Crippen LogP contribution is 2.45. The van der Waals surface area contributed by atoms with E-state index in [-0.39, 0.29) is 21.9 Å². The Morgan fingerprint density at radius 2 is 1.76 bits per heavy atom. The molecule has 1 saturated heterocycles. The molecule has 7 heteroatoms. The number of carbonyl (C=O) groups is 2. The van der Waals surface area contributed by atoms with Crippen LogP contribution in [0.3, 0.4) is 0 Å². The molecule has 0 bridgehead atoms. The highest BCUT2D eigenvalue weighted by Gasteiger charge is 2.47. The first-order valence-electron chi connectivity index (χ1n) is 10.3. The number of aromatic nitrogens is 1. The van der Waals surface area contributed by atoms with E-state index in [0.29, 0.717) is 17.0 Å². The van der Waals surface area contributed by atoms with Crippen LogP contribution in [0.4, 0.5) is 5.69 Å². The van der Waals surface area contributed by atoms with Crippen LogP contribution < -0.4 is 9.64 Å². The average molecular weight is 459 g/mol. The van der Waals surface area contributed by atoms with E-state index in [4.69, 9.17) is 16.3 Å². The summed E-state index contributed by atoms with van der Waals surface area (Å²) in [5.41, 5.74) is 2.26. The third kappa shape index (κ3) is 3.36. The predicted octanol–water partition coefficient (Wildman–Crippen LogP) is 5.46. The molecular formula is C26H19ClN2O4. The number of ketones is 1. The monoisotopic (exact) mass is 458 g/mol. The summed E-state index contributed by atoms with van der Waals surface area (Å²) in [7, 11) is 1.49. The number of hydrogen-bond donors (Lipinski definition) is 2. The number of nitrogens with one attached hydrogen (secondary N) is 1. The van der Waals surface area contributed by atoms with Gasteiger partial charge in [0.2, 0.25) is 0 Å². The van der Waals surface area contributed by atoms with E-state index < -0.39 is 17.7 Å². The molecule has 0 spiro atoms. The van der Waals surface area contributed by atoms with Crippen LogP contribution in [-0.4, -0.2) is 28.9 Å². The Labute approximate surface area is 194 Å². The molecule has 5 rings (SSSR count). The summed E-state index contributed by atoms with van der Waals surface area (Å²) in [5, 5.41) is 12.4. The van der Waals surface area contributed by atoms with Gasteiger partial charge in [0.05, 0.1) is 23.7 Å². The zero-order chi connectivity index (χ0) is 23.1. The number of amides is 1. The van der Waals surface area contributed by atoms with Crippen LogP contribution in [0.2, 0.25) is 5.02 Å². The molecule has 1 fully saturated rings. The molecular weight excluding hydrogens is 440 g/mol. The molecule has 1 aliphatic rings. The summed E-state index contributed by atoms with van der Waals surface area (Å²) in [6.45, 7) is 0. The van der Waals surface area contributed by atoms with Gasteiger partial charge in [-0.15, -0.1) is 0 Å². The van der Waals surface area contributed by atoms with E-state index in [1.807, 2.05) is 30.3 Å². The highest BCUT2D eigenvalue weighted by molar-refractivity contribution is 6.52. The highest BCUT2D eigenvalue weighted by atomic mass is 35.5. The Morgan fingerprint density at radius 1 is 1.03 bits per heavy atom. The fourth-order valence-electron chi connectivity index (χ4n) is 4.26. The standard InChI is InChI=1S/C26H19ClN2O4/c1-33-16-11-12-20(27)18(13-16)24(30)22-23(19-14-28-21-10-6-5-9-17(19)21)29(26(32)25(22)31)15-7-3-2-4-8-15/h2-14,23,28,30H,1H3/b24-22+. The number of anilines is 1. The SMILES string of the molecule is COc1ccc(Cl)c(/C(O)=C2\C(=O)C(=O)N(c3ccccc3)C2c2c[nH]c3ccccc23)c1. The Hall–Kier alpha value is -4.03. The van der Waals surface area contributed by atoms with Gasteiger partial charge in [-0.05, 0) is 36.4 Å². The van der Waals surface area contributed by atoms with E-state index in [1.54, 1.807) is 48.7 Å². The largest absolute Gasteiger partial charge is 0.507 e. The minimum atomic E-state index is -0.856. The lowest BCUT2D eigenvalue weighted by Crippen LogP contribution is -2.29. The number of methoxy groups -OCH3 is 1. The summed E-state index contributed by atoms with van der Waals surface area (Å²) in [5.74, 6) is -1.41. The minimum absolute atomic E-state index is 0.0382. The zero-order valence-electron chi connectivity index (χ0n) is 17.6. The first-order chi connectivity index (χ1) is 16.0. The number of nitrogens with zero attached hydrogens (tertiary/aromatic N) is 1. The van der Waals surface area contributed by atoms with Gasteiger partial charge in [-0.3, -0.25) is 14.5 Å². The van der Waals surface area contributed by atoms with Crippen LogP contribution in [0.5, 0.6) is 5.75 Å². The molecule has 0 aliphatic carbocycles. The first-order valence-corrected chi connectivity index (χ1v) is 10.6. The number of aliphatic hydroxyl groups is 1. The van der Waals surface area contributed by atoms with Crippen molar-refractivity contribution in [2.75, 3.05) is 12.0 Å². The summed E-state index contributed by atoms with van der Waals surface area (Å²) >= 11 is 6.37. The van der Waals surface area contributed by atoms with Gasteiger partial charge in [-0.25, -0.2) is 0 Å². The van der Waals surface area contributed by atoms with Crippen molar-refractivity contribution in [1.29, 1.82) is 0 Å². The fourth-order valence-corrected chi connectivity index (χ4v) is 4.47. The second-order valence-corrected chi connectivity index (χ2v) is 8.05. The van der Waals surface area contributed by atoms with Gasteiger partial charge in [0.25, 0.3) is 11.7 Å². The van der Waals surface area contributed by atoms with Crippen molar-refractivity contribution >= 4 is 45.6 Å². The molecule has 0 saturated carbocycles. The lowest BCUT2D eigenvalue weighted by molar-refractivity contribution is -0.132. The van der Waals surface area contributed by atoms with Crippen LogP contribution in [0.1, 0.15) is 17.2 Å². The number of carbonyl (C=O) groups excluding carboxylic acids is 2. The molecule has 1 atom stereocenters. The van der Waals surface area contributed by atoms with Crippen LogP contribution in [-0.2, 0) is 9.59 Å². The van der Waals surface area contributed by atoms with Crippen molar-refractivity contribution in [3.05, 3.63) is 101 Å². The zero-order valence-corrected chi connectivity index (χ0v) is 18.3. The molecule has 1 unspecified atom stereocenters. The molecule has 2 heterocycles. The lowest BCUT2D eigenvalue weighted by atomic mass is 9.94. The Kier molecular flexibility index (Phi) is 5.15. The number of H-pyrrole nitrogens is 1. The summed E-state index contributed by atoms with van der Waals surface area (Å²) in [6, 6.07) is 20.4. The van der Waals surface area contributed by atoms with Crippen molar-refractivity contribution < 1.29 is 19.4 Å². The van der Waals surface area contributed by atoms with Crippen LogP contribution in [0.15, 0.2) is 84.6 Å². The number of ether oxygens (including phenoxy) is 1. The van der Waals surface area contributed by atoms with E-state index in [1.165, 1.54) is 12.0 Å². The summed E-state index contributed by atoms with van der Waals surface area (Å²) in [4.78, 5) is 31.2. The van der Waals surface area contributed by atoms with E-state index >= 15 is 0 Å². The Bertz CT molecular complexity index is 1420. The van der Waals surface area contributed by atoms with Crippen molar-refractivity contribution in [2.45, 2.75) is 6.04 Å². The van der Waals surface area contributed by atoms with Gasteiger partial charge in [-0.2, -0.15) is 0 Å². The van der Waals surface area contributed by atoms with Gasteiger partial charge in [0.15, 0.2) is 0 Å². The molecule has 0 radical (unpaired) electrons. The number of aromatic amines is 1. The number of benzene rings is 3. The van der Waals surface area contributed by atoms with Crippen LogP contribution in [0, 0.1) is 0 Å². The van der Waals surface area contributed by atoms with E-state index in [0.717, 1.165) is 10.9 Å². The maximum atomic E-state index is 13.3. The Morgan fingerprint density at radius 3 is 2.52 bits per heavy atom. The second-order valence-electron chi connectivity index (χ2n) is 7.64. The number of hydrogen-bond acceptors (Lipinski definition) is 4. The van der Waals surface area contributed by atoms with Crippen LogP contribution in [0.25, 0.3) is 16.7 Å². The predicted molar refractivity (Wildman–Crippen MR) is 128 cm³/mol. The lowest BCUT2D eigenvalue weighted by Gasteiger charge is -2.25. The molecule has 1 amide bonds. The molecule has 6 nitrogen and oxygen atoms in total. The minimum Gasteiger partial charge on any atom is -0.507 e. The van der Waals surface area contributed by atoms with Crippen molar-refractivity contribution in [1.82, 2.24) is 4.98 Å². The number of para-hydroxylation sites is 2. The molecule has 3 aromatic carbocycles. The van der Waals surface area contributed by atoms with E-state index in [9.17, 15) is 14.7 Å². The third-order valence-corrected chi connectivity index (χ3v) is 6.15. The molecule has 33 heavy (non-hydrogen) atoms. The van der Waals surface area contributed by atoms with Gasteiger partial charge in [0.1, 0.15) is 11.5 Å². The smallest absolute Gasteiger partial charge is 0.300 e. The molecule has 164 valence electrons. The normalized spacial score (nSPS) is 17.6. The number of halogens is 1. The topological polar surface area (TPSA) is 82.6 Å². The third-order valence-electron chi connectivity index (χ3n) is 5.82. The molecule has 1 aliphatic heterocycles. The molecule has 4 aromatic rings. The van der Waals surface area contributed by atoms with Crippen molar-refractivity contribution in [2.24, 2.45) is 0 Å². The number of rotatable bonds is 4. The van der Waals surface area contributed by atoms with Crippen LogP contribution >= 0.6 is 11.6 Å². The van der Waals surface area contributed by atoms with Gasteiger partial charge in [0, 0.05) is 33.9 Å². The van der Waals surface area contributed by atoms with Gasteiger partial charge < -0.3 is 14.8 Å². The first kappa shape index (κ1) is 20.8. The van der Waals surface area contributed by atoms with E-state index in [2.05, 4.69) is 4.98 Å². The molecule has 1 aromatic heterocycles. The summed E-state index contributed by atoms with van der Waals surface area (Å²) in [6.07, 6.45) is 1.76. The van der Waals surface area contributed by atoms with Gasteiger partial charge in [-0.1, -0.05) is 48.0 Å². The maximum Gasteiger partial charge on any atom is 0.300 e. The van der Waals surface area contributed by atoms with Crippen molar-refractivity contribution in [3.63, 3.8) is 0 Å². The Balaban J connectivity index is 1.80. The second kappa shape index (κ2) is 8.15. The fraction of sp³-hybridized carbons (Fsp3) is 0.0769.